The van der Waals surface area contributed by atoms with Crippen LogP contribution < -0.4 is 5.73 Å². The lowest BCUT2D eigenvalue weighted by atomic mass is 9.95. The van der Waals surface area contributed by atoms with Gasteiger partial charge in [0.25, 0.3) is 0 Å². The van der Waals surface area contributed by atoms with Crippen LogP contribution in [0.5, 0.6) is 0 Å². The van der Waals surface area contributed by atoms with E-state index in [-0.39, 0.29) is 0 Å². The topological polar surface area (TPSA) is 42.1 Å². The van der Waals surface area contributed by atoms with Crippen LogP contribution in [0.1, 0.15) is 29.1 Å². The highest BCUT2D eigenvalue weighted by atomic mass is 32.1. The van der Waals surface area contributed by atoms with E-state index < -0.39 is 11.1 Å². The van der Waals surface area contributed by atoms with Gasteiger partial charge in [0.1, 0.15) is 9.88 Å². The molecule has 0 saturated carbocycles. The smallest absolute Gasteiger partial charge is 0.330 e. The van der Waals surface area contributed by atoms with Gasteiger partial charge in [0, 0.05) is 6.54 Å². The zero-order chi connectivity index (χ0) is 13.9. The molecule has 0 bridgehead atoms. The number of likely N-dealkylation sites (tertiary alicyclic amines) is 1. The number of hydrogen-bond donors (Lipinski definition) is 1. The van der Waals surface area contributed by atoms with Crippen molar-refractivity contribution in [2.75, 3.05) is 19.6 Å². The van der Waals surface area contributed by atoms with Gasteiger partial charge in [-0.3, -0.25) is 4.90 Å². The molecule has 7 heteroatoms. The summed E-state index contributed by atoms with van der Waals surface area (Å²) in [4.78, 5) is 5.45. The molecule has 2 rings (SSSR count). The maximum Gasteiger partial charge on any atom is 0.427 e. The molecule has 0 amide bonds. The van der Waals surface area contributed by atoms with Crippen molar-refractivity contribution >= 4 is 11.3 Å². The van der Waals surface area contributed by atoms with Gasteiger partial charge >= 0.3 is 6.18 Å². The molecule has 2 N–H and O–H groups in total. The van der Waals surface area contributed by atoms with E-state index in [9.17, 15) is 13.2 Å². The summed E-state index contributed by atoms with van der Waals surface area (Å²) >= 11 is 0.746. The Morgan fingerprint density at radius 2 is 2.26 bits per heavy atom. The van der Waals surface area contributed by atoms with Crippen LogP contribution in [0.4, 0.5) is 13.2 Å². The predicted molar refractivity (Wildman–Crippen MR) is 68.8 cm³/mol. The van der Waals surface area contributed by atoms with Gasteiger partial charge in [-0.05, 0) is 38.3 Å². The third-order valence-electron chi connectivity index (χ3n) is 3.37. The van der Waals surface area contributed by atoms with E-state index in [1.165, 1.54) is 6.42 Å². The predicted octanol–water partition coefficient (Wildman–Crippen LogP) is 2.72. The molecule has 0 spiro atoms. The van der Waals surface area contributed by atoms with Crippen molar-refractivity contribution < 1.29 is 13.2 Å². The molecule has 2 heterocycles. The average molecular weight is 293 g/mol. The normalized spacial score (nSPS) is 21.8. The molecule has 19 heavy (non-hydrogen) atoms. The Morgan fingerprint density at radius 3 is 2.89 bits per heavy atom. The number of nitrogens with zero attached hydrogens (tertiary/aromatic N) is 2. The molecule has 1 aliphatic heterocycles. The molecule has 3 nitrogen and oxygen atoms in total. The first-order valence-corrected chi connectivity index (χ1v) is 7.25. The van der Waals surface area contributed by atoms with Crippen molar-refractivity contribution in [3.8, 4) is 0 Å². The second-order valence-corrected chi connectivity index (χ2v) is 6.05. The van der Waals surface area contributed by atoms with Gasteiger partial charge < -0.3 is 5.73 Å². The number of nitrogens with two attached hydrogens (primary N) is 1. The van der Waals surface area contributed by atoms with E-state index in [1.54, 1.807) is 0 Å². The lowest BCUT2D eigenvalue weighted by molar-refractivity contribution is -0.134. The second-order valence-electron chi connectivity index (χ2n) is 4.94. The van der Waals surface area contributed by atoms with Gasteiger partial charge in [0.2, 0.25) is 0 Å². The van der Waals surface area contributed by atoms with Gasteiger partial charge in [0.05, 0.1) is 12.7 Å². The highest BCUT2D eigenvalue weighted by molar-refractivity contribution is 7.11. The number of hydrogen-bond acceptors (Lipinski definition) is 4. The van der Waals surface area contributed by atoms with Crippen LogP contribution >= 0.6 is 11.3 Å². The first-order chi connectivity index (χ1) is 8.99. The Balaban J connectivity index is 1.92. The van der Waals surface area contributed by atoms with E-state index >= 15 is 0 Å². The monoisotopic (exact) mass is 293 g/mol. The van der Waals surface area contributed by atoms with E-state index in [4.69, 9.17) is 5.73 Å². The lowest BCUT2D eigenvalue weighted by Crippen LogP contribution is -2.35. The van der Waals surface area contributed by atoms with E-state index in [0.717, 1.165) is 43.5 Å². The molecule has 1 aliphatic rings. The van der Waals surface area contributed by atoms with Crippen molar-refractivity contribution in [2.24, 2.45) is 11.7 Å². The molecule has 1 atom stereocenters. The first kappa shape index (κ1) is 14.7. The summed E-state index contributed by atoms with van der Waals surface area (Å²) in [6.07, 6.45) is -0.106. The van der Waals surface area contributed by atoms with Crippen LogP contribution in [0.15, 0.2) is 6.20 Å². The molecule has 1 fully saturated rings. The largest absolute Gasteiger partial charge is 0.427 e. The van der Waals surface area contributed by atoms with Crippen LogP contribution in [0, 0.1) is 5.92 Å². The van der Waals surface area contributed by atoms with Crippen LogP contribution in [0.25, 0.3) is 0 Å². The summed E-state index contributed by atoms with van der Waals surface area (Å²) in [7, 11) is 0. The summed E-state index contributed by atoms with van der Waals surface area (Å²) in [5, 5.41) is 0.542. The summed E-state index contributed by atoms with van der Waals surface area (Å²) in [6, 6.07) is 0. The van der Waals surface area contributed by atoms with Crippen LogP contribution in [0.2, 0.25) is 0 Å². The number of halogens is 3. The van der Waals surface area contributed by atoms with Gasteiger partial charge in [-0.1, -0.05) is 0 Å². The molecule has 1 saturated heterocycles. The van der Waals surface area contributed by atoms with Crippen LogP contribution in [0.3, 0.4) is 0 Å². The molecule has 1 unspecified atom stereocenters. The third-order valence-corrected chi connectivity index (χ3v) is 4.40. The molecule has 0 radical (unpaired) electrons. The minimum Gasteiger partial charge on any atom is -0.330 e. The summed E-state index contributed by atoms with van der Waals surface area (Å²) in [5.41, 5.74) is 5.55. The van der Waals surface area contributed by atoms with E-state index in [0.29, 0.717) is 24.0 Å². The number of alkyl halides is 3. The minimum absolute atomic E-state index is 0.516. The number of aromatic nitrogens is 1. The standard InChI is InChI=1S/C12H18F3N3S/c13-12(14,15)10-6-17-11(19-10)8-18-5-1-2-9(7-18)3-4-16/h6,9H,1-5,7-8,16H2. The van der Waals surface area contributed by atoms with Gasteiger partial charge in [-0.2, -0.15) is 13.2 Å². The molecule has 1 aromatic heterocycles. The highest BCUT2D eigenvalue weighted by Gasteiger charge is 2.33. The second kappa shape index (κ2) is 6.19. The van der Waals surface area contributed by atoms with Gasteiger partial charge in [-0.15, -0.1) is 11.3 Å². The van der Waals surface area contributed by atoms with Crippen molar-refractivity contribution in [3.05, 3.63) is 16.1 Å². The Kier molecular flexibility index (Phi) is 4.81. The summed E-state index contributed by atoms with van der Waals surface area (Å²) in [6.45, 7) is 3.04. The number of piperidine rings is 1. The van der Waals surface area contributed by atoms with Crippen molar-refractivity contribution in [1.29, 1.82) is 0 Å². The molecule has 108 valence electrons. The van der Waals surface area contributed by atoms with Crippen molar-refractivity contribution in [1.82, 2.24) is 9.88 Å². The molecular formula is C12H18F3N3S. The fourth-order valence-corrected chi connectivity index (χ4v) is 3.30. The maximum absolute atomic E-state index is 12.5. The fraction of sp³-hybridized carbons (Fsp3) is 0.750. The average Bonchev–Trinajstić information content (AvgIpc) is 2.78. The Labute approximate surface area is 114 Å². The van der Waals surface area contributed by atoms with Gasteiger partial charge in [0.15, 0.2) is 0 Å². The highest BCUT2D eigenvalue weighted by Crippen LogP contribution is 2.34. The first-order valence-electron chi connectivity index (χ1n) is 6.43. The van der Waals surface area contributed by atoms with Crippen molar-refractivity contribution in [3.63, 3.8) is 0 Å². The lowest BCUT2D eigenvalue weighted by Gasteiger charge is -2.31. The van der Waals surface area contributed by atoms with Crippen LogP contribution in [-0.2, 0) is 12.7 Å². The fourth-order valence-electron chi connectivity index (χ4n) is 2.47. The zero-order valence-corrected chi connectivity index (χ0v) is 11.4. The zero-order valence-electron chi connectivity index (χ0n) is 10.6. The maximum atomic E-state index is 12.5. The number of rotatable bonds is 4. The van der Waals surface area contributed by atoms with E-state index in [1.807, 2.05) is 0 Å². The Morgan fingerprint density at radius 1 is 1.47 bits per heavy atom. The van der Waals surface area contributed by atoms with Crippen molar-refractivity contribution in [2.45, 2.75) is 32.0 Å². The van der Waals surface area contributed by atoms with E-state index in [2.05, 4.69) is 9.88 Å². The Hall–Kier alpha value is -0.660. The molecular weight excluding hydrogens is 275 g/mol. The van der Waals surface area contributed by atoms with Gasteiger partial charge in [-0.25, -0.2) is 4.98 Å². The van der Waals surface area contributed by atoms with Crippen LogP contribution in [-0.4, -0.2) is 29.5 Å². The summed E-state index contributed by atoms with van der Waals surface area (Å²) < 4.78 is 37.5. The minimum atomic E-state index is -4.28. The molecule has 1 aromatic rings. The SMILES string of the molecule is NCCC1CCCN(Cc2ncc(C(F)(F)F)s2)C1. The number of thiazole rings is 1. The quantitative estimate of drug-likeness (QED) is 0.928. The molecule has 0 aromatic carbocycles. The molecule has 0 aliphatic carbocycles. The third kappa shape index (κ3) is 4.15. The summed E-state index contributed by atoms with van der Waals surface area (Å²) in [5.74, 6) is 0.570. The Bertz CT molecular complexity index is 403.